The minimum atomic E-state index is -1.13. The molecule has 0 saturated carbocycles. The summed E-state index contributed by atoms with van der Waals surface area (Å²) in [6, 6.07) is 0. The zero-order chi connectivity index (χ0) is 11.4. The third kappa shape index (κ3) is 3.69. The minimum Gasteiger partial charge on any atom is -0.0736 e. The SMILES string of the molecule is CCCC(C)(C)[P+](=O)C(C)(C)CCC. The average Bonchev–Trinajstić information content (AvgIpc) is 2.02. The van der Waals surface area contributed by atoms with E-state index in [4.69, 9.17) is 0 Å². The first-order chi connectivity index (χ1) is 6.28. The third-order valence-electron chi connectivity index (χ3n) is 2.82. The van der Waals surface area contributed by atoms with Crippen molar-refractivity contribution in [2.24, 2.45) is 0 Å². The summed E-state index contributed by atoms with van der Waals surface area (Å²) in [6.07, 6.45) is 4.37. The Labute approximate surface area is 90.5 Å². The molecule has 0 aliphatic rings. The second-order valence-electron chi connectivity index (χ2n) is 5.42. The van der Waals surface area contributed by atoms with Crippen LogP contribution in [-0.2, 0) is 4.57 Å². The van der Waals surface area contributed by atoms with E-state index in [2.05, 4.69) is 41.5 Å². The fraction of sp³-hybridized carbons (Fsp3) is 1.00. The van der Waals surface area contributed by atoms with Crippen molar-refractivity contribution in [2.75, 3.05) is 0 Å². The molecule has 0 saturated heterocycles. The largest absolute Gasteiger partial charge is 0.350 e. The van der Waals surface area contributed by atoms with Crippen molar-refractivity contribution < 1.29 is 4.57 Å². The fourth-order valence-electron chi connectivity index (χ4n) is 2.25. The zero-order valence-corrected chi connectivity index (χ0v) is 11.6. The molecule has 0 rings (SSSR count). The Morgan fingerprint density at radius 3 is 1.36 bits per heavy atom. The Hall–Kier alpha value is 0.100. The van der Waals surface area contributed by atoms with Crippen LogP contribution < -0.4 is 0 Å². The van der Waals surface area contributed by atoms with Gasteiger partial charge in [0.25, 0.3) is 0 Å². The van der Waals surface area contributed by atoms with Crippen LogP contribution in [0.3, 0.4) is 0 Å². The molecular weight excluding hydrogens is 191 g/mol. The maximum absolute atomic E-state index is 12.4. The monoisotopic (exact) mass is 217 g/mol. The van der Waals surface area contributed by atoms with E-state index in [1.165, 1.54) is 0 Å². The Bertz CT molecular complexity index is 174. The average molecular weight is 217 g/mol. The Balaban J connectivity index is 4.58. The molecule has 2 heteroatoms. The zero-order valence-electron chi connectivity index (χ0n) is 10.7. The standard InChI is InChI=1S/C12H26OP/c1-7-9-11(3,4)14(13)12(5,6)10-8-2/h7-10H2,1-6H3/q+1. The highest BCUT2D eigenvalue weighted by atomic mass is 31.1. The first kappa shape index (κ1) is 14.1. The summed E-state index contributed by atoms with van der Waals surface area (Å²) >= 11 is 0. The van der Waals surface area contributed by atoms with Crippen LogP contribution in [0, 0.1) is 0 Å². The number of hydrogen-bond donors (Lipinski definition) is 0. The van der Waals surface area contributed by atoms with Gasteiger partial charge in [-0.25, -0.2) is 0 Å². The van der Waals surface area contributed by atoms with Crippen molar-refractivity contribution in [2.45, 2.75) is 77.5 Å². The summed E-state index contributed by atoms with van der Waals surface area (Å²) in [6.45, 7) is 12.9. The number of rotatable bonds is 6. The molecule has 0 aromatic rings. The van der Waals surface area contributed by atoms with E-state index in [0.29, 0.717) is 0 Å². The highest BCUT2D eigenvalue weighted by Gasteiger charge is 2.49. The molecule has 0 radical (unpaired) electrons. The van der Waals surface area contributed by atoms with Gasteiger partial charge in [0.2, 0.25) is 0 Å². The molecule has 0 fully saturated rings. The van der Waals surface area contributed by atoms with Crippen LogP contribution in [0.4, 0.5) is 0 Å². The quantitative estimate of drug-likeness (QED) is 0.574. The normalized spacial score (nSPS) is 13.0. The third-order valence-corrected chi connectivity index (χ3v) is 5.47. The van der Waals surface area contributed by atoms with Crippen LogP contribution >= 0.6 is 7.80 Å². The number of hydrogen-bond acceptors (Lipinski definition) is 1. The van der Waals surface area contributed by atoms with Crippen LogP contribution in [0.25, 0.3) is 0 Å². The van der Waals surface area contributed by atoms with Gasteiger partial charge in [-0.05, 0) is 40.5 Å². The molecule has 1 nitrogen and oxygen atoms in total. The maximum Gasteiger partial charge on any atom is 0.350 e. The molecule has 0 spiro atoms. The van der Waals surface area contributed by atoms with Gasteiger partial charge in [-0.3, -0.25) is 0 Å². The van der Waals surface area contributed by atoms with Crippen molar-refractivity contribution in [1.82, 2.24) is 0 Å². The molecule has 0 aromatic heterocycles. The smallest absolute Gasteiger partial charge is 0.0736 e. The maximum atomic E-state index is 12.4. The van der Waals surface area contributed by atoms with E-state index in [9.17, 15) is 4.57 Å². The van der Waals surface area contributed by atoms with E-state index in [1.54, 1.807) is 0 Å². The molecule has 14 heavy (non-hydrogen) atoms. The summed E-state index contributed by atoms with van der Waals surface area (Å²) in [5.74, 6) is 0. The van der Waals surface area contributed by atoms with Crippen LogP contribution in [0.15, 0.2) is 0 Å². The van der Waals surface area contributed by atoms with Crippen molar-refractivity contribution >= 4 is 7.80 Å². The molecule has 0 heterocycles. The van der Waals surface area contributed by atoms with Gasteiger partial charge in [0.15, 0.2) is 10.3 Å². The van der Waals surface area contributed by atoms with Gasteiger partial charge in [0, 0.05) is 0 Å². The van der Waals surface area contributed by atoms with Gasteiger partial charge in [-0.1, -0.05) is 31.3 Å². The highest BCUT2D eigenvalue weighted by molar-refractivity contribution is 7.48. The lowest BCUT2D eigenvalue weighted by Crippen LogP contribution is -2.26. The Morgan fingerprint density at radius 1 is 0.857 bits per heavy atom. The molecule has 0 unspecified atom stereocenters. The second-order valence-corrected chi connectivity index (χ2v) is 8.43. The van der Waals surface area contributed by atoms with Crippen molar-refractivity contribution in [1.29, 1.82) is 0 Å². The van der Waals surface area contributed by atoms with E-state index >= 15 is 0 Å². The summed E-state index contributed by atoms with van der Waals surface area (Å²) < 4.78 is 12.4. The molecular formula is C12H26OP+. The van der Waals surface area contributed by atoms with Gasteiger partial charge in [-0.15, -0.1) is 0 Å². The van der Waals surface area contributed by atoms with E-state index < -0.39 is 7.80 Å². The predicted octanol–water partition coefficient (Wildman–Crippen LogP) is 4.97. The van der Waals surface area contributed by atoms with Crippen molar-refractivity contribution in [3.63, 3.8) is 0 Å². The first-order valence-electron chi connectivity index (χ1n) is 5.75. The molecule has 0 atom stereocenters. The van der Waals surface area contributed by atoms with Gasteiger partial charge in [-0.2, -0.15) is 0 Å². The lowest BCUT2D eigenvalue weighted by atomic mass is 10.1. The van der Waals surface area contributed by atoms with Crippen LogP contribution in [-0.4, -0.2) is 10.3 Å². The topological polar surface area (TPSA) is 17.1 Å². The van der Waals surface area contributed by atoms with Gasteiger partial charge in [0.1, 0.15) is 0 Å². The van der Waals surface area contributed by atoms with Crippen LogP contribution in [0.2, 0.25) is 0 Å². The minimum absolute atomic E-state index is 0.00273. The molecule has 0 amide bonds. The fourth-order valence-corrected chi connectivity index (χ4v) is 4.74. The highest BCUT2D eigenvalue weighted by Crippen LogP contribution is 2.53. The Kier molecular flexibility index (Phi) is 5.30. The molecule has 0 N–H and O–H groups in total. The van der Waals surface area contributed by atoms with E-state index in [-0.39, 0.29) is 10.3 Å². The summed E-state index contributed by atoms with van der Waals surface area (Å²) in [4.78, 5) is 0. The molecule has 0 aliphatic carbocycles. The van der Waals surface area contributed by atoms with E-state index in [0.717, 1.165) is 25.7 Å². The summed E-state index contributed by atoms with van der Waals surface area (Å²) in [5, 5.41) is 0.00546. The predicted molar refractivity (Wildman–Crippen MR) is 65.6 cm³/mol. The molecule has 0 bridgehead atoms. The first-order valence-corrected chi connectivity index (χ1v) is 7.01. The van der Waals surface area contributed by atoms with Gasteiger partial charge >= 0.3 is 7.80 Å². The summed E-state index contributed by atoms with van der Waals surface area (Å²) in [7, 11) is -1.13. The van der Waals surface area contributed by atoms with E-state index in [1.807, 2.05) is 0 Å². The molecule has 84 valence electrons. The van der Waals surface area contributed by atoms with Gasteiger partial charge < -0.3 is 0 Å². The second kappa shape index (κ2) is 5.26. The summed E-state index contributed by atoms with van der Waals surface area (Å²) in [5.41, 5.74) is 0. The Morgan fingerprint density at radius 2 is 1.14 bits per heavy atom. The lowest BCUT2D eigenvalue weighted by molar-refractivity contribution is 0.489. The van der Waals surface area contributed by atoms with Gasteiger partial charge in [0.05, 0.1) is 0 Å². The molecule has 0 aliphatic heterocycles. The van der Waals surface area contributed by atoms with Crippen molar-refractivity contribution in [3.05, 3.63) is 0 Å². The van der Waals surface area contributed by atoms with Crippen molar-refractivity contribution in [3.8, 4) is 0 Å². The van der Waals surface area contributed by atoms with Crippen LogP contribution in [0.1, 0.15) is 67.2 Å². The lowest BCUT2D eigenvalue weighted by Gasteiger charge is -2.22. The molecule has 0 aromatic carbocycles. The van der Waals surface area contributed by atoms with Crippen LogP contribution in [0.5, 0.6) is 0 Å².